The van der Waals surface area contributed by atoms with Crippen LogP contribution in [0.4, 0.5) is 0 Å². The average Bonchev–Trinajstić information content (AvgIpc) is 3.14. The second kappa shape index (κ2) is 6.71. The van der Waals surface area contributed by atoms with Crippen LogP contribution in [-0.4, -0.2) is 15.2 Å². The first-order valence-electron chi connectivity index (χ1n) is 7.57. The Bertz CT molecular complexity index is 743. The topological polar surface area (TPSA) is 62.6 Å². The number of aromatic nitrogens is 1. The summed E-state index contributed by atoms with van der Waals surface area (Å²) in [4.78, 5) is 2.19. The highest BCUT2D eigenvalue weighted by atomic mass is 16.5. The molecule has 0 spiro atoms. The smallest absolute Gasteiger partial charge is 0.138 e. The summed E-state index contributed by atoms with van der Waals surface area (Å²) >= 11 is 0. The number of aryl methyl sites for hydroxylation is 2. The third kappa shape index (κ3) is 3.63. The molecule has 0 saturated carbocycles. The zero-order valence-electron chi connectivity index (χ0n) is 13.3. The van der Waals surface area contributed by atoms with E-state index in [4.69, 9.17) is 8.94 Å². The van der Waals surface area contributed by atoms with Crippen molar-refractivity contribution in [3.05, 3.63) is 71.0 Å². The monoisotopic (exact) mass is 312 g/mol. The predicted molar refractivity (Wildman–Crippen MR) is 85.7 cm³/mol. The van der Waals surface area contributed by atoms with E-state index in [1.807, 2.05) is 44.2 Å². The highest BCUT2D eigenvalue weighted by Crippen LogP contribution is 2.22. The van der Waals surface area contributed by atoms with Crippen LogP contribution in [-0.2, 0) is 19.6 Å². The molecule has 0 saturated heterocycles. The Labute approximate surface area is 135 Å². The largest absolute Gasteiger partial charge is 0.508 e. The molecule has 0 aliphatic heterocycles. The van der Waals surface area contributed by atoms with E-state index >= 15 is 0 Å². The molecule has 0 atom stereocenters. The van der Waals surface area contributed by atoms with Gasteiger partial charge in [0.2, 0.25) is 0 Å². The summed E-state index contributed by atoms with van der Waals surface area (Å²) in [5, 5.41) is 14.1. The van der Waals surface area contributed by atoms with Gasteiger partial charge in [0.25, 0.3) is 0 Å². The van der Waals surface area contributed by atoms with Gasteiger partial charge in [0, 0.05) is 24.2 Å². The lowest BCUT2D eigenvalue weighted by Crippen LogP contribution is -2.22. The van der Waals surface area contributed by atoms with Gasteiger partial charge in [-0.1, -0.05) is 23.4 Å². The van der Waals surface area contributed by atoms with Crippen LogP contribution in [0.5, 0.6) is 5.75 Å². The molecular formula is C18H20N2O3. The number of hydrogen-bond donors (Lipinski definition) is 1. The maximum Gasteiger partial charge on any atom is 0.138 e. The number of nitrogens with zero attached hydrogens (tertiary/aromatic N) is 2. The summed E-state index contributed by atoms with van der Waals surface area (Å²) < 4.78 is 10.7. The maximum absolute atomic E-state index is 10.0. The normalized spacial score (nSPS) is 11.3. The van der Waals surface area contributed by atoms with Crippen molar-refractivity contribution in [3.8, 4) is 5.75 Å². The average molecular weight is 312 g/mol. The Balaban J connectivity index is 1.83. The molecule has 0 bridgehead atoms. The van der Waals surface area contributed by atoms with Gasteiger partial charge in [-0.25, -0.2) is 0 Å². The fraction of sp³-hybridized carbons (Fsp3) is 0.278. The van der Waals surface area contributed by atoms with Crippen LogP contribution in [0, 0.1) is 13.8 Å². The van der Waals surface area contributed by atoms with Crippen LogP contribution in [0.25, 0.3) is 0 Å². The standard InChI is InChI=1S/C18H20N2O3/c1-13-17(14(2)23-19-13)12-20(11-16-7-5-9-22-16)10-15-6-3-4-8-18(15)21/h3-9,21H,10-12H2,1-2H3. The fourth-order valence-electron chi connectivity index (χ4n) is 2.63. The van der Waals surface area contributed by atoms with Crippen molar-refractivity contribution in [2.24, 2.45) is 0 Å². The molecule has 1 N–H and O–H groups in total. The number of furan rings is 1. The van der Waals surface area contributed by atoms with Crippen molar-refractivity contribution in [2.45, 2.75) is 33.5 Å². The lowest BCUT2D eigenvalue weighted by molar-refractivity contribution is 0.222. The highest BCUT2D eigenvalue weighted by molar-refractivity contribution is 5.32. The summed E-state index contributed by atoms with van der Waals surface area (Å²) in [6, 6.07) is 11.2. The van der Waals surface area contributed by atoms with E-state index in [2.05, 4.69) is 10.1 Å². The van der Waals surface area contributed by atoms with Crippen LogP contribution in [0.15, 0.2) is 51.6 Å². The maximum atomic E-state index is 10.0. The van der Waals surface area contributed by atoms with E-state index in [0.29, 0.717) is 25.4 Å². The molecule has 0 aliphatic rings. The number of para-hydroxylation sites is 1. The molecule has 0 aliphatic carbocycles. The van der Waals surface area contributed by atoms with Gasteiger partial charge >= 0.3 is 0 Å². The predicted octanol–water partition coefficient (Wildman–Crippen LogP) is 3.79. The van der Waals surface area contributed by atoms with E-state index in [1.165, 1.54) is 0 Å². The fourth-order valence-corrected chi connectivity index (χ4v) is 2.63. The van der Waals surface area contributed by atoms with Gasteiger partial charge in [-0.15, -0.1) is 0 Å². The zero-order chi connectivity index (χ0) is 16.2. The molecule has 3 aromatic rings. The second-order valence-corrected chi connectivity index (χ2v) is 5.66. The summed E-state index contributed by atoms with van der Waals surface area (Å²) in [5.41, 5.74) is 2.85. The van der Waals surface area contributed by atoms with Crippen LogP contribution in [0.3, 0.4) is 0 Å². The summed E-state index contributed by atoms with van der Waals surface area (Å²) in [5.74, 6) is 2.01. The van der Waals surface area contributed by atoms with Gasteiger partial charge in [0.05, 0.1) is 18.5 Å². The highest BCUT2D eigenvalue weighted by Gasteiger charge is 2.16. The van der Waals surface area contributed by atoms with Gasteiger partial charge in [-0.2, -0.15) is 0 Å². The number of benzene rings is 1. The SMILES string of the molecule is Cc1noc(C)c1CN(Cc1ccco1)Cc1ccccc1O. The van der Waals surface area contributed by atoms with Gasteiger partial charge in [0.1, 0.15) is 17.3 Å². The number of rotatable bonds is 6. The first kappa shape index (κ1) is 15.4. The molecule has 5 nitrogen and oxygen atoms in total. The van der Waals surface area contributed by atoms with Crippen molar-refractivity contribution in [3.63, 3.8) is 0 Å². The summed E-state index contributed by atoms with van der Waals surface area (Å²) in [7, 11) is 0. The molecule has 5 heteroatoms. The molecule has 120 valence electrons. The quantitative estimate of drug-likeness (QED) is 0.750. The number of hydrogen-bond acceptors (Lipinski definition) is 5. The molecule has 0 fully saturated rings. The zero-order valence-corrected chi connectivity index (χ0v) is 13.3. The van der Waals surface area contributed by atoms with E-state index in [1.54, 1.807) is 12.3 Å². The molecule has 23 heavy (non-hydrogen) atoms. The van der Waals surface area contributed by atoms with E-state index in [-0.39, 0.29) is 0 Å². The molecule has 0 unspecified atom stereocenters. The molecule has 2 heterocycles. The molecular weight excluding hydrogens is 292 g/mol. The molecule has 0 radical (unpaired) electrons. The van der Waals surface area contributed by atoms with Crippen LogP contribution < -0.4 is 0 Å². The Morgan fingerprint density at radius 3 is 2.52 bits per heavy atom. The lowest BCUT2D eigenvalue weighted by Gasteiger charge is -2.21. The van der Waals surface area contributed by atoms with E-state index in [0.717, 1.165) is 28.3 Å². The molecule has 2 aromatic heterocycles. The minimum Gasteiger partial charge on any atom is -0.508 e. The first-order chi connectivity index (χ1) is 11.1. The number of phenolic OH excluding ortho intramolecular Hbond substituents is 1. The Morgan fingerprint density at radius 1 is 1.04 bits per heavy atom. The first-order valence-corrected chi connectivity index (χ1v) is 7.57. The van der Waals surface area contributed by atoms with Crippen molar-refractivity contribution < 1.29 is 14.0 Å². The van der Waals surface area contributed by atoms with Crippen molar-refractivity contribution in [1.29, 1.82) is 0 Å². The molecule has 1 aromatic carbocycles. The van der Waals surface area contributed by atoms with Crippen LogP contribution in [0.2, 0.25) is 0 Å². The second-order valence-electron chi connectivity index (χ2n) is 5.66. The third-order valence-corrected chi connectivity index (χ3v) is 3.91. The van der Waals surface area contributed by atoms with Crippen LogP contribution >= 0.6 is 0 Å². The van der Waals surface area contributed by atoms with Crippen molar-refractivity contribution in [2.75, 3.05) is 0 Å². The summed E-state index contributed by atoms with van der Waals surface area (Å²) in [6.07, 6.45) is 1.67. The third-order valence-electron chi connectivity index (χ3n) is 3.91. The summed E-state index contributed by atoms with van der Waals surface area (Å²) in [6.45, 7) is 5.79. The lowest BCUT2D eigenvalue weighted by atomic mass is 10.1. The van der Waals surface area contributed by atoms with E-state index < -0.39 is 0 Å². The van der Waals surface area contributed by atoms with Gasteiger partial charge in [-0.3, -0.25) is 4.90 Å². The minimum atomic E-state index is 0.302. The molecule has 0 amide bonds. The van der Waals surface area contributed by atoms with E-state index in [9.17, 15) is 5.11 Å². The number of aromatic hydroxyl groups is 1. The Hall–Kier alpha value is -2.53. The number of phenols is 1. The molecule has 3 rings (SSSR count). The van der Waals surface area contributed by atoms with Gasteiger partial charge < -0.3 is 14.0 Å². The Morgan fingerprint density at radius 2 is 1.87 bits per heavy atom. The van der Waals surface area contributed by atoms with Gasteiger partial charge in [0.15, 0.2) is 0 Å². The van der Waals surface area contributed by atoms with Crippen molar-refractivity contribution in [1.82, 2.24) is 10.1 Å². The Kier molecular flexibility index (Phi) is 4.48. The van der Waals surface area contributed by atoms with Gasteiger partial charge in [-0.05, 0) is 32.0 Å². The van der Waals surface area contributed by atoms with Crippen LogP contribution in [0.1, 0.15) is 28.3 Å². The van der Waals surface area contributed by atoms with Crippen molar-refractivity contribution >= 4 is 0 Å². The minimum absolute atomic E-state index is 0.302.